The quantitative estimate of drug-likeness (QED) is 0.236. The smallest absolute Gasteiger partial charge is 0.247 e. The second-order valence-electron chi connectivity index (χ2n) is 2.95. The summed E-state index contributed by atoms with van der Waals surface area (Å²) in [6, 6.07) is 4.41. The number of carbonyl (C=O) groups is 1. The van der Waals surface area contributed by atoms with Crippen molar-refractivity contribution in [1.82, 2.24) is 5.43 Å². The van der Waals surface area contributed by atoms with Crippen LogP contribution in [0.4, 0.5) is 10.1 Å². The number of hydrogen-bond acceptors (Lipinski definition) is 4. The first-order valence-electron chi connectivity index (χ1n) is 4.26. The Morgan fingerprint density at radius 2 is 2.27 bits per heavy atom. The SMILES string of the molecule is CC(Sc1ccc(N)c(F)c1)C(=O)NN. The van der Waals surface area contributed by atoms with Crippen LogP contribution >= 0.6 is 11.8 Å². The first-order valence-corrected chi connectivity index (χ1v) is 5.14. The Morgan fingerprint density at radius 3 is 2.80 bits per heavy atom. The Bertz CT molecular complexity index is 372. The summed E-state index contributed by atoms with van der Waals surface area (Å²) in [4.78, 5) is 11.7. The Kier molecular flexibility index (Phi) is 3.93. The van der Waals surface area contributed by atoms with Crippen LogP contribution in [0.2, 0.25) is 0 Å². The van der Waals surface area contributed by atoms with Crippen molar-refractivity contribution in [3.05, 3.63) is 24.0 Å². The molecule has 1 aromatic rings. The summed E-state index contributed by atoms with van der Waals surface area (Å²) >= 11 is 1.21. The van der Waals surface area contributed by atoms with Crippen LogP contribution in [0.3, 0.4) is 0 Å². The number of rotatable bonds is 3. The van der Waals surface area contributed by atoms with Crippen molar-refractivity contribution in [3.8, 4) is 0 Å². The molecule has 15 heavy (non-hydrogen) atoms. The van der Waals surface area contributed by atoms with Gasteiger partial charge in [0.15, 0.2) is 0 Å². The van der Waals surface area contributed by atoms with E-state index in [0.717, 1.165) is 0 Å². The van der Waals surface area contributed by atoms with Gasteiger partial charge in [-0.15, -0.1) is 11.8 Å². The number of carbonyl (C=O) groups excluding carboxylic acids is 1. The number of benzene rings is 1. The molecular weight excluding hydrogens is 217 g/mol. The fourth-order valence-electron chi connectivity index (χ4n) is 0.956. The van der Waals surface area contributed by atoms with Crippen LogP contribution in [0.15, 0.2) is 23.1 Å². The average molecular weight is 229 g/mol. The third-order valence-corrected chi connectivity index (χ3v) is 2.89. The average Bonchev–Trinajstić information content (AvgIpc) is 2.22. The zero-order valence-corrected chi connectivity index (χ0v) is 8.98. The van der Waals surface area contributed by atoms with Gasteiger partial charge in [0.25, 0.3) is 0 Å². The molecule has 0 spiro atoms. The number of thioether (sulfide) groups is 1. The van der Waals surface area contributed by atoms with E-state index in [4.69, 9.17) is 11.6 Å². The van der Waals surface area contributed by atoms with Gasteiger partial charge in [-0.3, -0.25) is 10.2 Å². The van der Waals surface area contributed by atoms with Crippen molar-refractivity contribution < 1.29 is 9.18 Å². The number of nitrogens with two attached hydrogens (primary N) is 2. The number of halogens is 1. The predicted molar refractivity (Wildman–Crippen MR) is 58.5 cm³/mol. The molecule has 4 nitrogen and oxygen atoms in total. The van der Waals surface area contributed by atoms with E-state index in [2.05, 4.69) is 0 Å². The Morgan fingerprint density at radius 1 is 1.60 bits per heavy atom. The van der Waals surface area contributed by atoms with Gasteiger partial charge in [0.2, 0.25) is 5.91 Å². The standard InChI is InChI=1S/C9H12FN3OS/c1-5(9(14)13-12)15-6-2-3-8(11)7(10)4-6/h2-5H,11-12H2,1H3,(H,13,14). The Labute approximate surface area is 91.2 Å². The van der Waals surface area contributed by atoms with E-state index < -0.39 is 5.82 Å². The number of hydrogen-bond donors (Lipinski definition) is 3. The molecule has 1 rings (SSSR count). The summed E-state index contributed by atoms with van der Waals surface area (Å²) in [6.07, 6.45) is 0. The van der Waals surface area contributed by atoms with E-state index in [-0.39, 0.29) is 16.8 Å². The second-order valence-corrected chi connectivity index (χ2v) is 4.37. The summed E-state index contributed by atoms with van der Waals surface area (Å²) in [5.74, 6) is 4.18. The van der Waals surface area contributed by atoms with Crippen molar-refractivity contribution in [1.29, 1.82) is 0 Å². The molecule has 1 atom stereocenters. The van der Waals surface area contributed by atoms with Crippen LogP contribution in [0.25, 0.3) is 0 Å². The van der Waals surface area contributed by atoms with Crippen molar-refractivity contribution in [2.24, 2.45) is 5.84 Å². The van der Waals surface area contributed by atoms with Crippen molar-refractivity contribution in [2.75, 3.05) is 5.73 Å². The number of hydrazine groups is 1. The van der Waals surface area contributed by atoms with Gasteiger partial charge in [0.05, 0.1) is 10.9 Å². The normalized spacial score (nSPS) is 12.2. The van der Waals surface area contributed by atoms with E-state index >= 15 is 0 Å². The number of anilines is 1. The molecule has 0 aliphatic carbocycles. The van der Waals surface area contributed by atoms with E-state index in [1.54, 1.807) is 13.0 Å². The minimum atomic E-state index is -0.486. The van der Waals surface area contributed by atoms with E-state index in [1.165, 1.54) is 23.9 Å². The molecule has 82 valence electrons. The van der Waals surface area contributed by atoms with Gasteiger partial charge in [0.1, 0.15) is 5.82 Å². The molecule has 1 amide bonds. The molecule has 0 bridgehead atoms. The van der Waals surface area contributed by atoms with E-state index in [1.807, 2.05) is 5.43 Å². The summed E-state index contributed by atoms with van der Waals surface area (Å²) in [6.45, 7) is 1.68. The van der Waals surface area contributed by atoms with Gasteiger partial charge in [-0.25, -0.2) is 10.2 Å². The number of nitrogen functional groups attached to an aromatic ring is 1. The molecule has 1 aromatic carbocycles. The van der Waals surface area contributed by atoms with Crippen LogP contribution in [-0.2, 0) is 4.79 Å². The summed E-state index contributed by atoms with van der Waals surface area (Å²) in [5, 5.41) is -0.377. The highest BCUT2D eigenvalue weighted by molar-refractivity contribution is 8.00. The minimum absolute atomic E-state index is 0.0929. The largest absolute Gasteiger partial charge is 0.396 e. The molecule has 0 saturated heterocycles. The monoisotopic (exact) mass is 229 g/mol. The van der Waals surface area contributed by atoms with Gasteiger partial charge in [-0.1, -0.05) is 0 Å². The molecule has 1 unspecified atom stereocenters. The molecule has 0 aromatic heterocycles. The summed E-state index contributed by atoms with van der Waals surface area (Å²) < 4.78 is 13.0. The van der Waals surface area contributed by atoms with Crippen molar-refractivity contribution in [2.45, 2.75) is 17.1 Å². The first-order chi connectivity index (χ1) is 7.04. The molecular formula is C9H12FN3OS. The summed E-state index contributed by atoms with van der Waals surface area (Å²) in [7, 11) is 0. The van der Waals surface area contributed by atoms with Crippen LogP contribution in [0, 0.1) is 5.82 Å². The maximum atomic E-state index is 13.0. The molecule has 5 N–H and O–H groups in total. The van der Waals surface area contributed by atoms with Gasteiger partial charge >= 0.3 is 0 Å². The van der Waals surface area contributed by atoms with Gasteiger partial charge in [-0.2, -0.15) is 0 Å². The highest BCUT2D eigenvalue weighted by Gasteiger charge is 2.13. The third-order valence-electron chi connectivity index (χ3n) is 1.80. The van der Waals surface area contributed by atoms with Crippen LogP contribution in [0.1, 0.15) is 6.92 Å². The van der Waals surface area contributed by atoms with Crippen LogP contribution in [0.5, 0.6) is 0 Å². The Hall–Kier alpha value is -1.27. The maximum Gasteiger partial charge on any atom is 0.247 e. The molecule has 0 saturated carbocycles. The fraction of sp³-hybridized carbons (Fsp3) is 0.222. The third kappa shape index (κ3) is 3.10. The highest BCUT2D eigenvalue weighted by atomic mass is 32.2. The fourth-order valence-corrected chi connectivity index (χ4v) is 1.86. The molecule has 0 fully saturated rings. The Balaban J connectivity index is 2.73. The van der Waals surface area contributed by atoms with Crippen molar-refractivity contribution in [3.63, 3.8) is 0 Å². The second kappa shape index (κ2) is 4.99. The lowest BCUT2D eigenvalue weighted by molar-refractivity contribution is -0.120. The highest BCUT2D eigenvalue weighted by Crippen LogP contribution is 2.25. The number of amides is 1. The molecule has 0 radical (unpaired) electrons. The van der Waals surface area contributed by atoms with Crippen molar-refractivity contribution >= 4 is 23.4 Å². The molecule has 6 heteroatoms. The maximum absolute atomic E-state index is 13.0. The zero-order valence-electron chi connectivity index (χ0n) is 8.16. The summed E-state index contributed by atoms with van der Waals surface area (Å²) in [5.41, 5.74) is 7.45. The predicted octanol–water partition coefficient (Wildman–Crippen LogP) is 0.878. The van der Waals surface area contributed by atoms with Crippen LogP contribution in [-0.4, -0.2) is 11.2 Å². The minimum Gasteiger partial charge on any atom is -0.396 e. The lowest BCUT2D eigenvalue weighted by Gasteiger charge is -2.09. The first kappa shape index (κ1) is 11.8. The number of nitrogens with one attached hydrogen (secondary N) is 1. The zero-order chi connectivity index (χ0) is 11.4. The lowest BCUT2D eigenvalue weighted by atomic mass is 10.3. The van der Waals surface area contributed by atoms with Gasteiger partial charge < -0.3 is 5.73 Å². The van der Waals surface area contributed by atoms with Crippen LogP contribution < -0.4 is 17.0 Å². The topological polar surface area (TPSA) is 81.1 Å². The van der Waals surface area contributed by atoms with Gasteiger partial charge in [-0.05, 0) is 25.1 Å². The molecule has 0 aliphatic heterocycles. The van der Waals surface area contributed by atoms with E-state index in [0.29, 0.717) is 4.90 Å². The van der Waals surface area contributed by atoms with E-state index in [9.17, 15) is 9.18 Å². The molecule has 0 aliphatic rings. The van der Waals surface area contributed by atoms with Gasteiger partial charge in [0, 0.05) is 4.90 Å². The molecule has 0 heterocycles. The lowest BCUT2D eigenvalue weighted by Crippen LogP contribution is -2.36.